The van der Waals surface area contributed by atoms with Gasteiger partial charge in [-0.3, -0.25) is 4.99 Å². The molecule has 0 radical (unpaired) electrons. The minimum Gasteiger partial charge on any atom is -0.492 e. The van der Waals surface area contributed by atoms with E-state index in [1.54, 1.807) is 7.05 Å². The maximum Gasteiger partial charge on any atom is 0.191 e. The highest BCUT2D eigenvalue weighted by atomic mass is 16.5. The van der Waals surface area contributed by atoms with Crippen LogP contribution in [0.5, 0.6) is 5.75 Å². The van der Waals surface area contributed by atoms with Crippen molar-refractivity contribution in [1.29, 1.82) is 0 Å². The number of nitrogens with zero attached hydrogens (tertiary/aromatic N) is 1. The number of rotatable bonds is 9. The molecule has 1 aliphatic rings. The Morgan fingerprint density at radius 3 is 2.65 bits per heavy atom. The Bertz CT molecular complexity index is 552. The third-order valence-electron chi connectivity index (χ3n) is 4.89. The molecule has 1 atom stereocenters. The van der Waals surface area contributed by atoms with Crippen LogP contribution in [-0.4, -0.2) is 57.6 Å². The number of aliphatic hydroxyl groups excluding tert-OH is 1. The molecule has 0 aliphatic carbocycles. The fourth-order valence-corrected chi connectivity index (χ4v) is 3.09. The molecule has 6 nitrogen and oxygen atoms in total. The molecule has 1 heterocycles. The summed E-state index contributed by atoms with van der Waals surface area (Å²) < 4.78 is 11.3. The predicted octanol–water partition coefficient (Wildman–Crippen LogP) is 2.14. The van der Waals surface area contributed by atoms with Gasteiger partial charge in [0, 0.05) is 32.2 Å². The highest BCUT2D eigenvalue weighted by molar-refractivity contribution is 5.79. The van der Waals surface area contributed by atoms with Crippen LogP contribution < -0.4 is 15.4 Å². The van der Waals surface area contributed by atoms with Crippen molar-refractivity contribution in [3.8, 4) is 5.75 Å². The minimum absolute atomic E-state index is 0.00102. The second-order valence-electron chi connectivity index (χ2n) is 7.20. The molecule has 3 N–H and O–H groups in total. The normalized spacial score (nSPS) is 20.4. The Balaban J connectivity index is 1.70. The van der Waals surface area contributed by atoms with Gasteiger partial charge in [-0.25, -0.2) is 0 Å². The van der Waals surface area contributed by atoms with Crippen LogP contribution in [0, 0.1) is 5.41 Å². The molecule has 0 bridgehead atoms. The van der Waals surface area contributed by atoms with E-state index in [1.807, 2.05) is 12.1 Å². The summed E-state index contributed by atoms with van der Waals surface area (Å²) in [6, 6.07) is 8.25. The summed E-state index contributed by atoms with van der Waals surface area (Å²) in [5.74, 6) is 2.15. The van der Waals surface area contributed by atoms with Gasteiger partial charge in [0.25, 0.3) is 0 Å². The minimum atomic E-state index is 0.00102. The third-order valence-corrected chi connectivity index (χ3v) is 4.89. The van der Waals surface area contributed by atoms with Gasteiger partial charge in [0.1, 0.15) is 12.4 Å². The van der Waals surface area contributed by atoms with Gasteiger partial charge in [-0.15, -0.1) is 0 Å². The second-order valence-corrected chi connectivity index (χ2v) is 7.20. The first kappa shape index (κ1) is 20.5. The van der Waals surface area contributed by atoms with E-state index in [4.69, 9.17) is 9.47 Å². The molecular formula is C20H33N3O3. The first-order chi connectivity index (χ1) is 12.6. The molecule has 6 heteroatoms. The number of guanidine groups is 1. The molecule has 1 aliphatic heterocycles. The lowest BCUT2D eigenvalue weighted by Gasteiger charge is -2.27. The molecular weight excluding hydrogens is 330 g/mol. The summed E-state index contributed by atoms with van der Waals surface area (Å²) in [6.45, 7) is 7.96. The Hall–Kier alpha value is -1.79. The van der Waals surface area contributed by atoms with Crippen molar-refractivity contribution in [2.75, 3.05) is 46.6 Å². The smallest absolute Gasteiger partial charge is 0.191 e. The lowest BCUT2D eigenvalue weighted by Crippen LogP contribution is -2.45. The van der Waals surface area contributed by atoms with Gasteiger partial charge in [-0.05, 0) is 36.5 Å². The van der Waals surface area contributed by atoms with Gasteiger partial charge >= 0.3 is 0 Å². The zero-order chi connectivity index (χ0) is 18.8. The summed E-state index contributed by atoms with van der Waals surface area (Å²) in [5, 5.41) is 15.9. The fourth-order valence-electron chi connectivity index (χ4n) is 3.09. The van der Waals surface area contributed by atoms with Crippen molar-refractivity contribution in [1.82, 2.24) is 10.6 Å². The Labute approximate surface area is 157 Å². The van der Waals surface area contributed by atoms with Gasteiger partial charge < -0.3 is 25.2 Å². The van der Waals surface area contributed by atoms with Gasteiger partial charge in [0.2, 0.25) is 0 Å². The molecule has 26 heavy (non-hydrogen) atoms. The maximum atomic E-state index is 9.30. The quantitative estimate of drug-likeness (QED) is 0.356. The largest absolute Gasteiger partial charge is 0.492 e. The van der Waals surface area contributed by atoms with Gasteiger partial charge in [-0.1, -0.05) is 26.0 Å². The van der Waals surface area contributed by atoms with E-state index in [9.17, 15) is 5.11 Å². The number of benzene rings is 1. The van der Waals surface area contributed by atoms with Crippen LogP contribution in [0.25, 0.3) is 0 Å². The highest BCUT2D eigenvalue weighted by Crippen LogP contribution is 2.31. The fraction of sp³-hybridized carbons (Fsp3) is 0.650. The van der Waals surface area contributed by atoms with Crippen molar-refractivity contribution < 1.29 is 14.6 Å². The van der Waals surface area contributed by atoms with Gasteiger partial charge in [0.15, 0.2) is 5.96 Å². The van der Waals surface area contributed by atoms with E-state index < -0.39 is 0 Å². The molecule has 1 saturated heterocycles. The van der Waals surface area contributed by atoms with E-state index in [-0.39, 0.29) is 12.0 Å². The molecule has 0 spiro atoms. The number of hydrogen-bond donors (Lipinski definition) is 3. The van der Waals surface area contributed by atoms with Crippen LogP contribution >= 0.6 is 0 Å². The van der Waals surface area contributed by atoms with E-state index >= 15 is 0 Å². The Morgan fingerprint density at radius 2 is 2.08 bits per heavy atom. The van der Waals surface area contributed by atoms with Crippen molar-refractivity contribution >= 4 is 5.96 Å². The van der Waals surface area contributed by atoms with Crippen LogP contribution in [0.1, 0.15) is 38.2 Å². The van der Waals surface area contributed by atoms with E-state index in [0.717, 1.165) is 37.7 Å². The molecule has 0 amide bonds. The summed E-state index contributed by atoms with van der Waals surface area (Å²) in [6.07, 6.45) is 1.71. The Morgan fingerprint density at radius 1 is 1.31 bits per heavy atom. The van der Waals surface area contributed by atoms with Gasteiger partial charge in [-0.2, -0.15) is 0 Å². The third kappa shape index (κ3) is 6.18. The molecule has 1 aromatic rings. The highest BCUT2D eigenvalue weighted by Gasteiger charge is 2.34. The average molecular weight is 364 g/mol. The molecule has 0 saturated carbocycles. The van der Waals surface area contributed by atoms with Crippen molar-refractivity contribution in [2.45, 2.75) is 32.6 Å². The monoisotopic (exact) mass is 363 g/mol. The molecule has 1 fully saturated rings. The molecule has 146 valence electrons. The standard InChI is InChI=1S/C20H33N3O3/c1-16(2)17-4-6-18(7-5-17)26-13-10-22-19(21-3)23-14-20(8-11-24)9-12-25-15-20/h4-7,16,24H,8-15H2,1-3H3,(H2,21,22,23). The summed E-state index contributed by atoms with van der Waals surface area (Å²) in [7, 11) is 1.75. The Kier molecular flexibility index (Phi) is 8.19. The molecule has 0 aromatic heterocycles. The van der Waals surface area contributed by atoms with Crippen LogP contribution in [-0.2, 0) is 4.74 Å². The maximum absolute atomic E-state index is 9.30. The number of nitrogens with one attached hydrogen (secondary N) is 2. The number of aliphatic hydroxyl groups is 1. The second kappa shape index (κ2) is 10.4. The van der Waals surface area contributed by atoms with E-state index in [1.165, 1.54) is 5.56 Å². The van der Waals surface area contributed by atoms with Crippen molar-refractivity contribution in [3.63, 3.8) is 0 Å². The van der Waals surface area contributed by atoms with Crippen LogP contribution in [0.2, 0.25) is 0 Å². The lowest BCUT2D eigenvalue weighted by atomic mass is 9.84. The molecule has 1 unspecified atom stereocenters. The topological polar surface area (TPSA) is 75.1 Å². The first-order valence-corrected chi connectivity index (χ1v) is 9.44. The lowest BCUT2D eigenvalue weighted by molar-refractivity contribution is 0.127. The zero-order valence-electron chi connectivity index (χ0n) is 16.3. The van der Waals surface area contributed by atoms with E-state index in [0.29, 0.717) is 25.7 Å². The summed E-state index contributed by atoms with van der Waals surface area (Å²) >= 11 is 0. The molecule has 1 aromatic carbocycles. The van der Waals surface area contributed by atoms with Crippen LogP contribution in [0.3, 0.4) is 0 Å². The molecule has 2 rings (SSSR count). The number of hydrogen-bond acceptors (Lipinski definition) is 4. The van der Waals surface area contributed by atoms with Crippen LogP contribution in [0.15, 0.2) is 29.3 Å². The summed E-state index contributed by atoms with van der Waals surface area (Å²) in [5.41, 5.74) is 1.31. The number of aliphatic imine (C=N–C) groups is 1. The zero-order valence-corrected chi connectivity index (χ0v) is 16.3. The van der Waals surface area contributed by atoms with Crippen molar-refractivity contribution in [2.24, 2.45) is 10.4 Å². The SMILES string of the molecule is CN=C(NCCOc1ccc(C(C)C)cc1)NCC1(CCO)CCOC1. The number of ether oxygens (including phenoxy) is 2. The summed E-state index contributed by atoms with van der Waals surface area (Å²) in [4.78, 5) is 4.25. The average Bonchev–Trinajstić information content (AvgIpc) is 3.10. The van der Waals surface area contributed by atoms with Crippen molar-refractivity contribution in [3.05, 3.63) is 29.8 Å². The van der Waals surface area contributed by atoms with Crippen LogP contribution in [0.4, 0.5) is 0 Å². The predicted molar refractivity (Wildman–Crippen MR) is 105 cm³/mol. The first-order valence-electron chi connectivity index (χ1n) is 9.44. The van der Waals surface area contributed by atoms with Gasteiger partial charge in [0.05, 0.1) is 13.2 Å². The van der Waals surface area contributed by atoms with E-state index in [2.05, 4.69) is 41.6 Å².